The highest BCUT2D eigenvalue weighted by molar-refractivity contribution is 6.76. The third-order valence-corrected chi connectivity index (χ3v) is 12.0. The molecule has 7 nitrogen and oxygen atoms in total. The first kappa shape index (κ1) is 32.2. The molecule has 1 aromatic carbocycles. The molecule has 0 amide bonds. The second-order valence-electron chi connectivity index (χ2n) is 12.9. The maximum atomic E-state index is 12.9. The third-order valence-electron chi connectivity index (χ3n) is 5.89. The van der Waals surface area contributed by atoms with Gasteiger partial charge in [0.1, 0.15) is 17.1 Å². The van der Waals surface area contributed by atoms with Crippen LogP contribution in [0.25, 0.3) is 0 Å². The van der Waals surface area contributed by atoms with Gasteiger partial charge in [0, 0.05) is 33.6 Å². The smallest absolute Gasteiger partial charge is 0.348 e. The molecule has 0 spiro atoms. The molecule has 0 aliphatic rings. The molecule has 0 aromatic heterocycles. The summed E-state index contributed by atoms with van der Waals surface area (Å²) in [6.45, 7) is 25.1. The van der Waals surface area contributed by atoms with E-state index >= 15 is 0 Å². The molecule has 0 N–H and O–H groups in total. The van der Waals surface area contributed by atoms with Crippen molar-refractivity contribution in [2.75, 3.05) is 13.4 Å². The summed E-state index contributed by atoms with van der Waals surface area (Å²) in [6.07, 6.45) is -1.02. The Hall–Kier alpha value is -1.85. The minimum atomic E-state index is -2.10. The van der Waals surface area contributed by atoms with Crippen molar-refractivity contribution in [3.05, 3.63) is 23.8 Å². The Morgan fingerprint density at radius 3 is 2.08 bits per heavy atom. The fourth-order valence-corrected chi connectivity index (χ4v) is 4.63. The Morgan fingerprint density at radius 2 is 1.58 bits per heavy atom. The fraction of sp³-hybridized carbons (Fsp3) is 0.704. The number of hydrogen-bond acceptors (Lipinski definition) is 7. The van der Waals surface area contributed by atoms with E-state index in [1.165, 1.54) is 6.92 Å². The van der Waals surface area contributed by atoms with Gasteiger partial charge < -0.3 is 23.4 Å². The lowest BCUT2D eigenvalue weighted by Gasteiger charge is -2.36. The van der Waals surface area contributed by atoms with Gasteiger partial charge in [-0.05, 0) is 63.1 Å². The van der Waals surface area contributed by atoms with Crippen molar-refractivity contribution in [2.45, 2.75) is 110 Å². The van der Waals surface area contributed by atoms with E-state index in [0.29, 0.717) is 23.7 Å². The Labute approximate surface area is 220 Å². The zero-order valence-electron chi connectivity index (χ0n) is 24.5. The van der Waals surface area contributed by atoms with Crippen molar-refractivity contribution < 1.29 is 33.0 Å². The van der Waals surface area contributed by atoms with Crippen LogP contribution in [0.3, 0.4) is 0 Å². The van der Waals surface area contributed by atoms with Crippen LogP contribution >= 0.6 is 0 Å². The van der Waals surface area contributed by atoms with Crippen LogP contribution < -0.4 is 9.16 Å². The molecule has 206 valence electrons. The number of carbonyl (C=O) groups is 2. The van der Waals surface area contributed by atoms with Gasteiger partial charge in [0.2, 0.25) is 14.4 Å². The van der Waals surface area contributed by atoms with E-state index in [1.807, 2.05) is 18.2 Å². The molecule has 0 aliphatic carbocycles. The molecule has 36 heavy (non-hydrogen) atoms. The molecule has 0 bridgehead atoms. The lowest BCUT2D eigenvalue weighted by molar-refractivity contribution is -0.174. The van der Waals surface area contributed by atoms with E-state index in [4.69, 9.17) is 23.4 Å². The summed E-state index contributed by atoms with van der Waals surface area (Å²) < 4.78 is 29.0. The zero-order chi connectivity index (χ0) is 27.9. The van der Waals surface area contributed by atoms with Gasteiger partial charge in [-0.25, -0.2) is 4.79 Å². The number of ether oxygens (including phenoxy) is 4. The van der Waals surface area contributed by atoms with Crippen molar-refractivity contribution in [1.82, 2.24) is 0 Å². The Kier molecular flexibility index (Phi) is 11.3. The van der Waals surface area contributed by atoms with E-state index in [9.17, 15) is 9.59 Å². The third kappa shape index (κ3) is 11.9. The molecular weight excluding hydrogens is 492 g/mol. The summed E-state index contributed by atoms with van der Waals surface area (Å²) in [4.78, 5) is 24.7. The molecule has 0 aliphatic heterocycles. The zero-order valence-corrected chi connectivity index (χ0v) is 26.5. The van der Waals surface area contributed by atoms with Crippen LogP contribution in [0.4, 0.5) is 0 Å². The van der Waals surface area contributed by atoms with E-state index in [-0.39, 0.29) is 18.3 Å². The Morgan fingerprint density at radius 1 is 0.972 bits per heavy atom. The minimum Gasteiger partial charge on any atom is -0.543 e. The molecule has 1 aromatic rings. The molecule has 1 atom stereocenters. The van der Waals surface area contributed by atoms with Crippen LogP contribution in [0.5, 0.6) is 11.5 Å². The maximum absolute atomic E-state index is 12.9. The van der Waals surface area contributed by atoms with Crippen LogP contribution in [0.1, 0.15) is 54.0 Å². The van der Waals surface area contributed by atoms with E-state index in [1.54, 1.807) is 20.8 Å². The lowest BCUT2D eigenvalue weighted by atomic mass is 10.1. The minimum absolute atomic E-state index is 0.0172. The Bertz CT molecular complexity index is 878. The number of rotatable bonds is 12. The van der Waals surface area contributed by atoms with Crippen molar-refractivity contribution in [3.8, 4) is 11.5 Å². The maximum Gasteiger partial charge on any atom is 0.348 e. The first-order chi connectivity index (χ1) is 16.2. The van der Waals surface area contributed by atoms with Crippen LogP contribution in [0, 0.1) is 0 Å². The predicted octanol–water partition coefficient (Wildman–Crippen LogP) is 6.58. The number of hydrogen-bond donors (Lipinski definition) is 0. The SMILES string of the molecule is CC(=O)O[C@H](Cc1cc(O[Si](C)(C)C(C)(C)C)ccc1OCOCC[Si](C)(C)C)C(=O)OC(C)(C)C. The normalized spacial score (nSPS) is 13.7. The number of benzene rings is 1. The van der Waals surface area contributed by atoms with Gasteiger partial charge >= 0.3 is 11.9 Å². The second kappa shape index (κ2) is 12.6. The first-order valence-electron chi connectivity index (χ1n) is 12.6. The van der Waals surface area contributed by atoms with E-state index < -0.39 is 40.0 Å². The van der Waals surface area contributed by atoms with Crippen molar-refractivity contribution in [3.63, 3.8) is 0 Å². The molecule has 9 heteroatoms. The second-order valence-corrected chi connectivity index (χ2v) is 23.3. The Balaban J connectivity index is 3.23. The molecule has 0 radical (unpaired) electrons. The van der Waals surface area contributed by atoms with Crippen molar-refractivity contribution in [2.24, 2.45) is 0 Å². The first-order valence-corrected chi connectivity index (χ1v) is 19.2. The highest BCUT2D eigenvalue weighted by Crippen LogP contribution is 2.38. The molecular formula is C27H48O7Si2. The summed E-state index contributed by atoms with van der Waals surface area (Å²) in [5.41, 5.74) is -0.0381. The van der Waals surface area contributed by atoms with Gasteiger partial charge in [0.15, 0.2) is 6.79 Å². The van der Waals surface area contributed by atoms with Crippen LogP contribution in [-0.2, 0) is 30.2 Å². The van der Waals surface area contributed by atoms with Gasteiger partial charge in [-0.3, -0.25) is 4.79 Å². The summed E-state index contributed by atoms with van der Waals surface area (Å²) in [5, 5.41) is 0.0172. The van der Waals surface area contributed by atoms with Crippen LogP contribution in [-0.4, -0.2) is 53.4 Å². The van der Waals surface area contributed by atoms with Gasteiger partial charge in [-0.2, -0.15) is 0 Å². The predicted molar refractivity (Wildman–Crippen MR) is 149 cm³/mol. The fourth-order valence-electron chi connectivity index (χ4n) is 2.85. The van der Waals surface area contributed by atoms with Crippen molar-refractivity contribution >= 4 is 28.3 Å². The quantitative estimate of drug-likeness (QED) is 0.128. The van der Waals surface area contributed by atoms with Gasteiger partial charge in [0.05, 0.1) is 0 Å². The van der Waals surface area contributed by atoms with Crippen molar-refractivity contribution in [1.29, 1.82) is 0 Å². The topological polar surface area (TPSA) is 80.3 Å². The molecule has 0 saturated heterocycles. The van der Waals surface area contributed by atoms with E-state index in [0.717, 1.165) is 6.04 Å². The summed E-state index contributed by atoms with van der Waals surface area (Å²) in [5.74, 6) is 0.0723. The van der Waals surface area contributed by atoms with Gasteiger partial charge in [-0.1, -0.05) is 40.4 Å². The molecule has 0 saturated carbocycles. The molecule has 0 fully saturated rings. The van der Waals surface area contributed by atoms with E-state index in [2.05, 4.69) is 53.5 Å². The van der Waals surface area contributed by atoms with Gasteiger partial charge in [0.25, 0.3) is 0 Å². The average molecular weight is 541 g/mol. The highest BCUT2D eigenvalue weighted by Gasteiger charge is 2.39. The standard InChI is InChI=1S/C27H48O7Si2/c1-20(28)32-24(25(29)33-26(2,3)4)18-21-17-22(34-36(11,12)27(5,6)7)13-14-23(21)31-19-30-15-16-35(8,9)10/h13-14,17,24H,15-16,18-19H2,1-12H3/t24-/m1/s1. The number of esters is 2. The lowest BCUT2D eigenvalue weighted by Crippen LogP contribution is -2.43. The molecule has 0 heterocycles. The summed E-state index contributed by atoms with van der Waals surface area (Å²) in [7, 11) is -3.30. The van der Waals surface area contributed by atoms with Crippen LogP contribution in [0.2, 0.25) is 43.8 Å². The highest BCUT2D eigenvalue weighted by atomic mass is 28.4. The monoisotopic (exact) mass is 540 g/mol. The molecule has 1 rings (SSSR count). The summed E-state index contributed by atoms with van der Waals surface area (Å²) >= 11 is 0. The largest absolute Gasteiger partial charge is 0.543 e. The van der Waals surface area contributed by atoms with Crippen LogP contribution in [0.15, 0.2) is 18.2 Å². The number of carbonyl (C=O) groups excluding carboxylic acids is 2. The van der Waals surface area contributed by atoms with Gasteiger partial charge in [-0.15, -0.1) is 0 Å². The average Bonchev–Trinajstić information content (AvgIpc) is 2.65. The summed E-state index contributed by atoms with van der Waals surface area (Å²) in [6, 6.07) is 6.59. The molecule has 0 unspecified atom stereocenters.